The summed E-state index contributed by atoms with van der Waals surface area (Å²) in [5, 5.41) is 1.73. The number of fused-ring (bicyclic) bond motifs is 1. The van der Waals surface area contributed by atoms with Crippen LogP contribution in [0.15, 0.2) is 30.6 Å². The van der Waals surface area contributed by atoms with Crippen molar-refractivity contribution in [2.45, 2.75) is 20.4 Å². The number of benzene rings is 1. The van der Waals surface area contributed by atoms with Crippen molar-refractivity contribution < 1.29 is 9.53 Å². The van der Waals surface area contributed by atoms with Crippen LogP contribution in [0.3, 0.4) is 0 Å². The van der Waals surface area contributed by atoms with Crippen LogP contribution in [0.2, 0.25) is 5.02 Å². The van der Waals surface area contributed by atoms with Crippen LogP contribution in [0.4, 0.5) is 5.82 Å². The van der Waals surface area contributed by atoms with Gasteiger partial charge in [-0.05, 0) is 37.1 Å². The van der Waals surface area contributed by atoms with Gasteiger partial charge >= 0.3 is 5.97 Å². The molecule has 1 fully saturated rings. The predicted molar refractivity (Wildman–Crippen MR) is 117 cm³/mol. The second-order valence-electron chi connectivity index (χ2n) is 7.04. The Morgan fingerprint density at radius 1 is 1.17 bits per heavy atom. The molecule has 0 bridgehead atoms. The first-order valence-electron chi connectivity index (χ1n) is 9.69. The molecule has 8 heteroatoms. The van der Waals surface area contributed by atoms with E-state index in [1.807, 2.05) is 26.0 Å². The number of carbonyl (C=O) groups excluding carboxylic acids is 1. The summed E-state index contributed by atoms with van der Waals surface area (Å²) in [5.74, 6) is 0.622. The van der Waals surface area contributed by atoms with Gasteiger partial charge in [0.15, 0.2) is 0 Å². The van der Waals surface area contributed by atoms with E-state index < -0.39 is 0 Å². The lowest BCUT2D eigenvalue weighted by molar-refractivity contribution is 0.0531. The van der Waals surface area contributed by atoms with Crippen LogP contribution in [-0.4, -0.2) is 53.6 Å². The maximum Gasteiger partial charge on any atom is 0.348 e. The molecule has 0 unspecified atom stereocenters. The second kappa shape index (κ2) is 8.65. The first-order valence-corrected chi connectivity index (χ1v) is 10.9. The standard InChI is InChI=1S/C21H23ClN4O2S/c1-3-28-21(27)18-14(2)17-19(23-13-24-20(17)29-18)26-10-8-25(9-11-26)12-15-4-6-16(22)7-5-15/h4-7,13H,3,8-12H2,1-2H3. The molecule has 1 saturated heterocycles. The fraction of sp³-hybridized carbons (Fsp3) is 0.381. The molecule has 2 aromatic heterocycles. The first kappa shape index (κ1) is 20.1. The van der Waals surface area contributed by atoms with Crippen LogP contribution in [0, 0.1) is 6.92 Å². The van der Waals surface area contributed by atoms with Gasteiger partial charge in [0, 0.05) is 37.7 Å². The van der Waals surface area contributed by atoms with Crippen LogP contribution in [0.25, 0.3) is 10.2 Å². The Kier molecular flexibility index (Phi) is 5.99. The molecule has 1 aromatic carbocycles. The third-order valence-corrected chi connectivity index (χ3v) is 6.59. The van der Waals surface area contributed by atoms with Crippen LogP contribution in [0.5, 0.6) is 0 Å². The van der Waals surface area contributed by atoms with Crippen molar-refractivity contribution in [2.75, 3.05) is 37.7 Å². The summed E-state index contributed by atoms with van der Waals surface area (Å²) in [6, 6.07) is 8.03. The molecule has 1 aliphatic heterocycles. The highest BCUT2D eigenvalue weighted by Crippen LogP contribution is 2.35. The van der Waals surface area contributed by atoms with E-state index >= 15 is 0 Å². The topological polar surface area (TPSA) is 58.6 Å². The molecule has 6 nitrogen and oxygen atoms in total. The van der Waals surface area contributed by atoms with Crippen molar-refractivity contribution in [3.8, 4) is 0 Å². The molecule has 152 valence electrons. The number of aromatic nitrogens is 2. The van der Waals surface area contributed by atoms with Gasteiger partial charge in [0.2, 0.25) is 0 Å². The van der Waals surface area contributed by atoms with Crippen LogP contribution in [0.1, 0.15) is 27.7 Å². The Bertz CT molecular complexity index is 1010. The molecular formula is C21H23ClN4O2S. The molecule has 3 aromatic rings. The smallest absolute Gasteiger partial charge is 0.348 e. The van der Waals surface area contributed by atoms with Crippen LogP contribution >= 0.6 is 22.9 Å². The number of halogens is 1. The molecule has 0 atom stereocenters. The van der Waals surface area contributed by atoms with Gasteiger partial charge in [0.05, 0.1) is 12.0 Å². The quantitative estimate of drug-likeness (QED) is 0.566. The number of carbonyl (C=O) groups is 1. The van der Waals surface area contributed by atoms with E-state index in [1.54, 1.807) is 6.33 Å². The fourth-order valence-electron chi connectivity index (χ4n) is 3.65. The summed E-state index contributed by atoms with van der Waals surface area (Å²) in [5.41, 5.74) is 2.17. The Labute approximate surface area is 179 Å². The van der Waals surface area contributed by atoms with E-state index in [9.17, 15) is 4.79 Å². The highest BCUT2D eigenvalue weighted by Gasteiger charge is 2.25. The third kappa shape index (κ3) is 4.22. The van der Waals surface area contributed by atoms with Gasteiger partial charge in [0.25, 0.3) is 0 Å². The average molecular weight is 431 g/mol. The lowest BCUT2D eigenvalue weighted by Gasteiger charge is -2.35. The maximum atomic E-state index is 12.3. The number of aryl methyl sites for hydroxylation is 1. The van der Waals surface area contributed by atoms with E-state index in [0.29, 0.717) is 11.5 Å². The average Bonchev–Trinajstić information content (AvgIpc) is 3.07. The molecule has 29 heavy (non-hydrogen) atoms. The SMILES string of the molecule is CCOC(=O)c1sc2ncnc(N3CCN(Cc4ccc(Cl)cc4)CC3)c2c1C. The van der Waals surface area contributed by atoms with E-state index in [1.165, 1.54) is 16.9 Å². The number of rotatable bonds is 5. The molecule has 0 radical (unpaired) electrons. The van der Waals surface area contributed by atoms with Crippen LogP contribution in [-0.2, 0) is 11.3 Å². The Balaban J connectivity index is 1.51. The van der Waals surface area contributed by atoms with Crippen molar-refractivity contribution >= 4 is 44.9 Å². The van der Waals surface area contributed by atoms with Gasteiger partial charge in [-0.25, -0.2) is 14.8 Å². The Morgan fingerprint density at radius 2 is 1.90 bits per heavy atom. The molecule has 0 amide bonds. The van der Waals surface area contributed by atoms with E-state index in [2.05, 4.69) is 31.9 Å². The second-order valence-corrected chi connectivity index (χ2v) is 8.48. The summed E-state index contributed by atoms with van der Waals surface area (Å²) >= 11 is 7.36. The first-order chi connectivity index (χ1) is 14.1. The molecular weight excluding hydrogens is 408 g/mol. The number of nitrogens with zero attached hydrogens (tertiary/aromatic N) is 4. The highest BCUT2D eigenvalue weighted by molar-refractivity contribution is 7.20. The van der Waals surface area contributed by atoms with E-state index in [0.717, 1.165) is 59.3 Å². The molecule has 0 N–H and O–H groups in total. The van der Waals surface area contributed by atoms with Gasteiger partial charge < -0.3 is 9.64 Å². The summed E-state index contributed by atoms with van der Waals surface area (Å²) in [6.45, 7) is 8.69. The summed E-state index contributed by atoms with van der Waals surface area (Å²) in [4.78, 5) is 27.4. The number of thiophene rings is 1. The van der Waals surface area contributed by atoms with Gasteiger partial charge in [-0.1, -0.05) is 23.7 Å². The van der Waals surface area contributed by atoms with Crippen molar-refractivity contribution in [3.63, 3.8) is 0 Å². The zero-order valence-electron chi connectivity index (χ0n) is 16.5. The molecule has 1 aliphatic rings. The maximum absolute atomic E-state index is 12.3. The lowest BCUT2D eigenvalue weighted by atomic mass is 10.1. The summed E-state index contributed by atoms with van der Waals surface area (Å²) in [6.07, 6.45) is 1.59. The minimum absolute atomic E-state index is 0.285. The number of hydrogen-bond donors (Lipinski definition) is 0. The van der Waals surface area contributed by atoms with Crippen molar-refractivity contribution in [1.29, 1.82) is 0 Å². The largest absolute Gasteiger partial charge is 0.462 e. The van der Waals surface area contributed by atoms with Crippen molar-refractivity contribution in [2.24, 2.45) is 0 Å². The number of piperazine rings is 1. The lowest BCUT2D eigenvalue weighted by Crippen LogP contribution is -2.46. The van der Waals surface area contributed by atoms with Crippen molar-refractivity contribution in [3.05, 3.63) is 51.6 Å². The Hall–Kier alpha value is -2.22. The number of esters is 1. The molecule has 0 aliphatic carbocycles. The highest BCUT2D eigenvalue weighted by atomic mass is 35.5. The van der Waals surface area contributed by atoms with Gasteiger partial charge in [-0.3, -0.25) is 4.90 Å². The normalized spacial score (nSPS) is 15.1. The van der Waals surface area contributed by atoms with Crippen LogP contribution < -0.4 is 4.90 Å². The minimum Gasteiger partial charge on any atom is -0.462 e. The summed E-state index contributed by atoms with van der Waals surface area (Å²) in [7, 11) is 0. The van der Waals surface area contributed by atoms with E-state index in [4.69, 9.17) is 16.3 Å². The molecule has 0 spiro atoms. The molecule has 3 heterocycles. The molecule has 4 rings (SSSR count). The Morgan fingerprint density at radius 3 is 2.59 bits per heavy atom. The molecule has 0 saturated carbocycles. The fourth-order valence-corrected chi connectivity index (χ4v) is 4.81. The minimum atomic E-state index is -0.285. The van der Waals surface area contributed by atoms with Gasteiger partial charge in [-0.2, -0.15) is 0 Å². The zero-order chi connectivity index (χ0) is 20.4. The van der Waals surface area contributed by atoms with Gasteiger partial charge in [-0.15, -0.1) is 11.3 Å². The monoisotopic (exact) mass is 430 g/mol. The zero-order valence-corrected chi connectivity index (χ0v) is 18.1. The number of ether oxygens (including phenoxy) is 1. The van der Waals surface area contributed by atoms with Crippen molar-refractivity contribution in [1.82, 2.24) is 14.9 Å². The summed E-state index contributed by atoms with van der Waals surface area (Å²) < 4.78 is 5.20. The number of hydrogen-bond acceptors (Lipinski definition) is 7. The predicted octanol–water partition coefficient (Wildman–Crippen LogP) is 4.15. The number of anilines is 1. The van der Waals surface area contributed by atoms with E-state index in [-0.39, 0.29) is 5.97 Å². The third-order valence-electron chi connectivity index (χ3n) is 5.16. The van der Waals surface area contributed by atoms with Gasteiger partial charge in [0.1, 0.15) is 21.9 Å².